The summed E-state index contributed by atoms with van der Waals surface area (Å²) in [7, 11) is 1.82. The van der Waals surface area contributed by atoms with E-state index in [4.69, 9.17) is 16.3 Å². The molecule has 168 valence electrons. The third kappa shape index (κ3) is 6.72. The molecule has 2 fully saturated rings. The first-order valence-corrected chi connectivity index (χ1v) is 11.1. The predicted molar refractivity (Wildman–Crippen MR) is 133 cm³/mol. The summed E-state index contributed by atoms with van der Waals surface area (Å²) in [5.74, 6) is 0.844. The highest BCUT2D eigenvalue weighted by atomic mass is 127. The molecular formula is C22H34ClIN4O2. The molecule has 0 radical (unpaired) electrons. The van der Waals surface area contributed by atoms with Crippen LogP contribution in [0.5, 0.6) is 0 Å². The summed E-state index contributed by atoms with van der Waals surface area (Å²) in [6, 6.07) is 8.44. The Hall–Kier alpha value is -1.06. The number of guanidine groups is 1. The average molecular weight is 549 g/mol. The van der Waals surface area contributed by atoms with E-state index in [1.165, 1.54) is 18.4 Å². The molecule has 0 aliphatic carbocycles. The minimum Gasteiger partial charge on any atom is -0.466 e. The van der Waals surface area contributed by atoms with E-state index in [1.807, 2.05) is 26.1 Å². The number of nitrogens with one attached hydrogen (secondary N) is 1. The topological polar surface area (TPSA) is 57.2 Å². The lowest BCUT2D eigenvalue weighted by molar-refractivity contribution is -0.149. The quantitative estimate of drug-likeness (QED) is 0.253. The standard InChI is InChI=1S/C22H33ClN4O2.HI/c1-3-29-21(28)17-9-13-27(14-10-17)22(24-2)25-16-20(26-11-4-5-12-26)18-7-6-8-19(23)15-18;/h6-8,15,17,20H,3-5,9-14,16H2,1-2H3,(H,24,25);1H. The van der Waals surface area contributed by atoms with Crippen molar-refractivity contribution in [1.82, 2.24) is 15.1 Å². The van der Waals surface area contributed by atoms with E-state index >= 15 is 0 Å². The number of hydrogen-bond donors (Lipinski definition) is 1. The van der Waals surface area contributed by atoms with Gasteiger partial charge in [-0.05, 0) is 63.4 Å². The summed E-state index contributed by atoms with van der Waals surface area (Å²) < 4.78 is 5.18. The number of aliphatic imine (C=N–C) groups is 1. The first-order chi connectivity index (χ1) is 14.1. The van der Waals surface area contributed by atoms with Gasteiger partial charge in [-0.2, -0.15) is 0 Å². The van der Waals surface area contributed by atoms with E-state index in [1.54, 1.807) is 0 Å². The molecule has 2 heterocycles. The molecule has 2 aliphatic rings. The van der Waals surface area contributed by atoms with Crippen LogP contribution >= 0.6 is 35.6 Å². The van der Waals surface area contributed by atoms with E-state index in [9.17, 15) is 4.79 Å². The van der Waals surface area contributed by atoms with E-state index in [0.717, 1.165) is 56.5 Å². The van der Waals surface area contributed by atoms with Gasteiger partial charge in [-0.15, -0.1) is 24.0 Å². The maximum absolute atomic E-state index is 12.0. The zero-order chi connectivity index (χ0) is 20.6. The molecule has 1 aromatic carbocycles. The van der Waals surface area contributed by atoms with Gasteiger partial charge in [0.1, 0.15) is 0 Å². The third-order valence-electron chi connectivity index (χ3n) is 5.89. The lowest BCUT2D eigenvalue weighted by Gasteiger charge is -2.35. The smallest absolute Gasteiger partial charge is 0.309 e. The monoisotopic (exact) mass is 548 g/mol. The van der Waals surface area contributed by atoms with Crippen LogP contribution in [0.4, 0.5) is 0 Å². The van der Waals surface area contributed by atoms with Crippen LogP contribution in [-0.4, -0.2) is 68.1 Å². The largest absolute Gasteiger partial charge is 0.466 e. The van der Waals surface area contributed by atoms with Crippen molar-refractivity contribution in [1.29, 1.82) is 0 Å². The number of hydrogen-bond acceptors (Lipinski definition) is 4. The first-order valence-electron chi connectivity index (χ1n) is 10.7. The molecule has 2 saturated heterocycles. The summed E-state index contributed by atoms with van der Waals surface area (Å²) >= 11 is 6.26. The molecule has 1 unspecified atom stereocenters. The molecule has 1 atom stereocenters. The Morgan fingerprint density at radius 3 is 2.57 bits per heavy atom. The molecule has 0 aromatic heterocycles. The second-order valence-corrected chi connectivity index (χ2v) is 8.19. The fourth-order valence-electron chi connectivity index (χ4n) is 4.33. The number of esters is 1. The Bertz CT molecular complexity index is 704. The second kappa shape index (κ2) is 12.7. The molecule has 1 aromatic rings. The van der Waals surface area contributed by atoms with Crippen molar-refractivity contribution in [3.8, 4) is 0 Å². The van der Waals surface area contributed by atoms with Crippen molar-refractivity contribution in [2.45, 2.75) is 38.6 Å². The van der Waals surface area contributed by atoms with Crippen LogP contribution in [0.1, 0.15) is 44.2 Å². The van der Waals surface area contributed by atoms with Gasteiger partial charge in [0.15, 0.2) is 5.96 Å². The summed E-state index contributed by atoms with van der Waals surface area (Å²) in [4.78, 5) is 21.3. The molecule has 30 heavy (non-hydrogen) atoms. The molecule has 2 aliphatic heterocycles. The van der Waals surface area contributed by atoms with Gasteiger partial charge in [0, 0.05) is 31.7 Å². The number of carbonyl (C=O) groups excluding carboxylic acids is 1. The molecule has 0 saturated carbocycles. The number of nitrogens with zero attached hydrogens (tertiary/aromatic N) is 3. The van der Waals surface area contributed by atoms with Crippen LogP contribution in [0.2, 0.25) is 5.02 Å². The van der Waals surface area contributed by atoms with Crippen molar-refractivity contribution >= 4 is 47.5 Å². The van der Waals surface area contributed by atoms with Crippen LogP contribution in [-0.2, 0) is 9.53 Å². The highest BCUT2D eigenvalue weighted by Crippen LogP contribution is 2.27. The average Bonchev–Trinajstić information content (AvgIpc) is 3.26. The number of halogens is 2. The lowest BCUT2D eigenvalue weighted by atomic mass is 9.97. The molecule has 8 heteroatoms. The van der Waals surface area contributed by atoms with Crippen LogP contribution in [0.15, 0.2) is 29.3 Å². The number of benzene rings is 1. The second-order valence-electron chi connectivity index (χ2n) is 7.76. The normalized spacial score (nSPS) is 19.3. The van der Waals surface area contributed by atoms with Gasteiger partial charge >= 0.3 is 5.97 Å². The Morgan fingerprint density at radius 2 is 1.97 bits per heavy atom. The summed E-state index contributed by atoms with van der Waals surface area (Å²) in [6.07, 6.45) is 4.10. The van der Waals surface area contributed by atoms with E-state index < -0.39 is 0 Å². The Labute approximate surface area is 202 Å². The minimum atomic E-state index is -0.0647. The number of piperidine rings is 1. The van der Waals surface area contributed by atoms with Gasteiger partial charge in [0.05, 0.1) is 18.6 Å². The van der Waals surface area contributed by atoms with Crippen LogP contribution in [0.25, 0.3) is 0 Å². The Kier molecular flexibility index (Phi) is 10.7. The number of carbonyl (C=O) groups is 1. The van der Waals surface area contributed by atoms with Crippen molar-refractivity contribution in [2.75, 3.05) is 46.4 Å². The van der Waals surface area contributed by atoms with Crippen LogP contribution in [0, 0.1) is 5.92 Å². The maximum atomic E-state index is 12.0. The highest BCUT2D eigenvalue weighted by molar-refractivity contribution is 14.0. The molecule has 1 N–H and O–H groups in total. The van der Waals surface area contributed by atoms with Gasteiger partial charge < -0.3 is 15.0 Å². The molecule has 0 amide bonds. The zero-order valence-corrected chi connectivity index (χ0v) is 21.1. The molecule has 0 bridgehead atoms. The van der Waals surface area contributed by atoms with Crippen molar-refractivity contribution < 1.29 is 9.53 Å². The van der Waals surface area contributed by atoms with E-state index in [2.05, 4.69) is 32.2 Å². The summed E-state index contributed by atoms with van der Waals surface area (Å²) in [5, 5.41) is 4.35. The van der Waals surface area contributed by atoms with Crippen molar-refractivity contribution in [2.24, 2.45) is 10.9 Å². The number of ether oxygens (including phenoxy) is 1. The van der Waals surface area contributed by atoms with Crippen molar-refractivity contribution in [3.05, 3.63) is 34.9 Å². The van der Waals surface area contributed by atoms with Crippen molar-refractivity contribution in [3.63, 3.8) is 0 Å². The SMILES string of the molecule is CCOC(=O)C1CCN(C(=NC)NCC(c2cccc(Cl)c2)N2CCCC2)CC1.I. The predicted octanol–water partition coefficient (Wildman–Crippen LogP) is 3.95. The van der Waals surface area contributed by atoms with E-state index in [0.29, 0.717) is 6.61 Å². The molecule has 0 spiro atoms. The lowest BCUT2D eigenvalue weighted by Crippen LogP contribution is -2.48. The summed E-state index contributed by atoms with van der Waals surface area (Å²) in [5.41, 5.74) is 1.24. The maximum Gasteiger partial charge on any atom is 0.309 e. The Morgan fingerprint density at radius 1 is 1.27 bits per heavy atom. The van der Waals surface area contributed by atoms with Gasteiger partial charge in [-0.25, -0.2) is 0 Å². The molecule has 6 nitrogen and oxygen atoms in total. The highest BCUT2D eigenvalue weighted by Gasteiger charge is 2.28. The van der Waals surface area contributed by atoms with Crippen LogP contribution in [0.3, 0.4) is 0 Å². The fraction of sp³-hybridized carbons (Fsp3) is 0.636. The minimum absolute atomic E-state index is 0. The molecular weight excluding hydrogens is 515 g/mol. The number of likely N-dealkylation sites (tertiary alicyclic amines) is 2. The third-order valence-corrected chi connectivity index (χ3v) is 6.13. The van der Waals surface area contributed by atoms with E-state index in [-0.39, 0.29) is 41.9 Å². The first kappa shape index (κ1) is 25.2. The molecule has 3 rings (SSSR count). The van der Waals surface area contributed by atoms with Gasteiger partial charge in [-0.3, -0.25) is 14.7 Å². The zero-order valence-electron chi connectivity index (χ0n) is 18.0. The van der Waals surface area contributed by atoms with Crippen LogP contribution < -0.4 is 5.32 Å². The fourth-order valence-corrected chi connectivity index (χ4v) is 4.53. The Balaban J connectivity index is 0.00000320. The van der Waals surface area contributed by atoms with Gasteiger partial charge in [-0.1, -0.05) is 23.7 Å². The van der Waals surface area contributed by atoms with Gasteiger partial charge in [0.2, 0.25) is 0 Å². The number of rotatable bonds is 6. The van der Waals surface area contributed by atoms with Gasteiger partial charge in [0.25, 0.3) is 0 Å². The summed E-state index contributed by atoms with van der Waals surface area (Å²) in [6.45, 7) is 6.94.